The maximum Gasteiger partial charge on any atom is 0.420 e. The van der Waals surface area contributed by atoms with Crippen molar-refractivity contribution in [2.45, 2.75) is 52.3 Å². The van der Waals surface area contributed by atoms with E-state index < -0.39 is 29.5 Å². The number of pyridine rings is 1. The average Bonchev–Trinajstić information content (AvgIpc) is 3.39. The Kier molecular flexibility index (Phi) is 6.28. The Morgan fingerprint density at radius 2 is 1.73 bits per heavy atom. The third-order valence-electron chi connectivity index (χ3n) is 4.72. The van der Waals surface area contributed by atoms with Gasteiger partial charge < -0.3 is 4.74 Å². The van der Waals surface area contributed by atoms with E-state index in [1.807, 2.05) is 13.8 Å². The first-order valence-electron chi connectivity index (χ1n) is 9.79. The third kappa shape index (κ3) is 4.71. The second kappa shape index (κ2) is 8.57. The van der Waals surface area contributed by atoms with E-state index in [4.69, 9.17) is 4.74 Å². The lowest BCUT2D eigenvalue weighted by Crippen LogP contribution is -2.16. The summed E-state index contributed by atoms with van der Waals surface area (Å²) in [5.41, 5.74) is -1.45. The molecule has 2 aromatic heterocycles. The fraction of sp³-hybridized carbons (Fsp3) is 0.429. The monoisotopic (exact) mass is 427 g/mol. The van der Waals surface area contributed by atoms with Crippen LogP contribution in [-0.2, 0) is 12.6 Å². The summed E-state index contributed by atoms with van der Waals surface area (Å²) in [6.07, 6.45) is -1.70. The van der Waals surface area contributed by atoms with Gasteiger partial charge in [-0.05, 0) is 31.7 Å². The van der Waals surface area contributed by atoms with Gasteiger partial charge in [-0.15, -0.1) is 10.2 Å². The maximum atomic E-state index is 13.8. The summed E-state index contributed by atoms with van der Waals surface area (Å²) in [5.74, 6) is -1.04. The molecule has 4 nitrogen and oxygen atoms in total. The van der Waals surface area contributed by atoms with Crippen LogP contribution in [-0.4, -0.2) is 14.6 Å². The molecule has 162 valence electrons. The largest absolute Gasteiger partial charge is 0.486 e. The molecule has 0 saturated heterocycles. The minimum Gasteiger partial charge on any atom is -0.486 e. The molecule has 1 aliphatic carbocycles. The number of nitrogens with zero attached hydrogens (tertiary/aromatic N) is 3. The second-order valence-electron chi connectivity index (χ2n) is 6.97. The van der Waals surface area contributed by atoms with E-state index in [2.05, 4.69) is 10.2 Å². The lowest BCUT2D eigenvalue weighted by molar-refractivity contribution is -0.138. The summed E-state index contributed by atoms with van der Waals surface area (Å²) in [7, 11) is 0. The third-order valence-corrected chi connectivity index (χ3v) is 4.72. The van der Waals surface area contributed by atoms with E-state index in [1.54, 1.807) is 0 Å². The summed E-state index contributed by atoms with van der Waals surface area (Å²) in [5, 5.41) is 7.69. The lowest BCUT2D eigenvalue weighted by atomic mass is 10.0. The summed E-state index contributed by atoms with van der Waals surface area (Å²) in [6.45, 7) is 5.38. The lowest BCUT2D eigenvalue weighted by Gasteiger charge is -2.20. The van der Waals surface area contributed by atoms with E-state index in [9.17, 15) is 22.0 Å². The molecule has 1 unspecified atom stereocenters. The molecule has 3 aromatic rings. The number of rotatable bonds is 5. The van der Waals surface area contributed by atoms with Crippen molar-refractivity contribution in [3.05, 3.63) is 59.0 Å². The van der Waals surface area contributed by atoms with Crippen molar-refractivity contribution in [2.75, 3.05) is 0 Å². The Hall–Kier alpha value is -2.71. The zero-order chi connectivity index (χ0) is 22.1. The van der Waals surface area contributed by atoms with Gasteiger partial charge in [0.25, 0.3) is 0 Å². The van der Waals surface area contributed by atoms with Crippen LogP contribution in [0, 0.1) is 17.6 Å². The van der Waals surface area contributed by atoms with Gasteiger partial charge in [0, 0.05) is 36.4 Å². The highest BCUT2D eigenvalue weighted by Gasteiger charge is 2.39. The summed E-state index contributed by atoms with van der Waals surface area (Å²) >= 11 is 0. The van der Waals surface area contributed by atoms with Crippen LogP contribution < -0.4 is 4.74 Å². The standard InChI is InChI=1S/C19H16F5N3O.C2H6/c1-10(28-14-8-12(20)7-13(21)9-14)15-4-5-27-16(6-11-2-3-11)25-26-18(27)17(15)19(22,23)24;1-2/h4-5,7-11H,2-3,6H2,1H3;1-2H3. The number of hydrogen-bond acceptors (Lipinski definition) is 3. The fourth-order valence-electron chi connectivity index (χ4n) is 3.23. The number of hydrogen-bond donors (Lipinski definition) is 0. The van der Waals surface area contributed by atoms with Gasteiger partial charge in [-0.2, -0.15) is 13.2 Å². The molecule has 0 bridgehead atoms. The Bertz CT molecular complexity index is 1010. The van der Waals surface area contributed by atoms with Crippen LogP contribution in [0.5, 0.6) is 5.75 Å². The van der Waals surface area contributed by atoms with Gasteiger partial charge in [0.05, 0.1) is 0 Å². The molecule has 30 heavy (non-hydrogen) atoms. The molecule has 0 radical (unpaired) electrons. The first-order chi connectivity index (χ1) is 14.2. The topological polar surface area (TPSA) is 39.4 Å². The highest BCUT2D eigenvalue weighted by molar-refractivity contribution is 5.54. The molecule has 1 aromatic carbocycles. The number of alkyl halides is 3. The number of ether oxygens (including phenoxy) is 1. The molecule has 9 heteroatoms. The molecule has 0 amide bonds. The molecule has 1 fully saturated rings. The van der Waals surface area contributed by atoms with Gasteiger partial charge in [0.15, 0.2) is 5.65 Å². The van der Waals surface area contributed by atoms with E-state index in [1.165, 1.54) is 23.6 Å². The van der Waals surface area contributed by atoms with Crippen LogP contribution in [0.2, 0.25) is 0 Å². The molecule has 1 saturated carbocycles. The fourth-order valence-corrected chi connectivity index (χ4v) is 3.23. The van der Waals surface area contributed by atoms with Crippen molar-refractivity contribution >= 4 is 5.65 Å². The number of fused-ring (bicyclic) bond motifs is 1. The van der Waals surface area contributed by atoms with Crippen molar-refractivity contribution in [2.24, 2.45) is 5.92 Å². The SMILES string of the molecule is CC.CC(Oc1cc(F)cc(F)c1)c1ccn2c(CC3CC3)nnc2c1C(F)(F)F. The summed E-state index contributed by atoms with van der Waals surface area (Å²) < 4.78 is 74.9. The van der Waals surface area contributed by atoms with Crippen molar-refractivity contribution in [3.63, 3.8) is 0 Å². The van der Waals surface area contributed by atoms with E-state index >= 15 is 0 Å². The Labute approximate surface area is 170 Å². The highest BCUT2D eigenvalue weighted by Crippen LogP contribution is 2.39. The molecule has 1 atom stereocenters. The molecule has 0 N–H and O–H groups in total. The van der Waals surface area contributed by atoms with E-state index in [0.717, 1.165) is 25.0 Å². The van der Waals surface area contributed by atoms with Crippen molar-refractivity contribution < 1.29 is 26.7 Å². The first-order valence-corrected chi connectivity index (χ1v) is 9.79. The van der Waals surface area contributed by atoms with E-state index in [0.29, 0.717) is 24.2 Å². The van der Waals surface area contributed by atoms with Crippen molar-refractivity contribution in [1.29, 1.82) is 0 Å². The van der Waals surface area contributed by atoms with Crippen molar-refractivity contribution in [1.82, 2.24) is 14.6 Å². The van der Waals surface area contributed by atoms with Gasteiger partial charge in [0.2, 0.25) is 0 Å². The maximum absolute atomic E-state index is 13.8. The van der Waals surface area contributed by atoms with Gasteiger partial charge in [-0.1, -0.05) is 13.8 Å². The number of benzene rings is 1. The Morgan fingerprint density at radius 1 is 1.10 bits per heavy atom. The van der Waals surface area contributed by atoms with Crippen LogP contribution in [0.15, 0.2) is 30.5 Å². The number of halogens is 5. The zero-order valence-electron chi connectivity index (χ0n) is 16.8. The number of aromatic nitrogens is 3. The predicted octanol–water partition coefficient (Wildman–Crippen LogP) is 6.15. The zero-order valence-corrected chi connectivity index (χ0v) is 16.8. The smallest absolute Gasteiger partial charge is 0.420 e. The molecule has 4 rings (SSSR count). The molecular formula is C21H22F5N3O. The molecular weight excluding hydrogens is 405 g/mol. The van der Waals surface area contributed by atoms with Gasteiger partial charge in [0.1, 0.15) is 34.9 Å². The minimum absolute atomic E-state index is 0.185. The van der Waals surface area contributed by atoms with Crippen LogP contribution in [0.25, 0.3) is 5.65 Å². The molecule has 0 spiro atoms. The highest BCUT2D eigenvalue weighted by atomic mass is 19.4. The van der Waals surface area contributed by atoms with Crippen molar-refractivity contribution in [3.8, 4) is 5.75 Å². The Balaban J connectivity index is 0.00000124. The normalized spacial score (nSPS) is 14.9. The van der Waals surface area contributed by atoms with E-state index in [-0.39, 0.29) is 17.0 Å². The summed E-state index contributed by atoms with van der Waals surface area (Å²) in [6, 6.07) is 3.77. The minimum atomic E-state index is -4.70. The predicted molar refractivity (Wildman–Crippen MR) is 101 cm³/mol. The quantitative estimate of drug-likeness (QED) is 0.459. The molecule has 0 aliphatic heterocycles. The second-order valence-corrected chi connectivity index (χ2v) is 6.97. The molecule has 1 aliphatic rings. The molecule has 2 heterocycles. The van der Waals surface area contributed by atoms with Crippen LogP contribution >= 0.6 is 0 Å². The van der Waals surface area contributed by atoms with Gasteiger partial charge in [-0.3, -0.25) is 4.40 Å². The average molecular weight is 427 g/mol. The van der Waals surface area contributed by atoms with Gasteiger partial charge >= 0.3 is 6.18 Å². The first kappa shape index (κ1) is 22.0. The van der Waals surface area contributed by atoms with Crippen LogP contribution in [0.1, 0.15) is 56.7 Å². The Morgan fingerprint density at radius 3 is 2.30 bits per heavy atom. The van der Waals surface area contributed by atoms with Crippen LogP contribution in [0.3, 0.4) is 0 Å². The van der Waals surface area contributed by atoms with Crippen LogP contribution in [0.4, 0.5) is 22.0 Å². The summed E-state index contributed by atoms with van der Waals surface area (Å²) in [4.78, 5) is 0. The van der Waals surface area contributed by atoms with Gasteiger partial charge in [-0.25, -0.2) is 8.78 Å².